The fraction of sp³-hybridized carbons (Fsp3) is 0.829. The van der Waals surface area contributed by atoms with Gasteiger partial charge in [0.25, 0.3) is 5.91 Å². The van der Waals surface area contributed by atoms with Crippen molar-refractivity contribution in [3.05, 3.63) is 0 Å². The van der Waals surface area contributed by atoms with E-state index in [4.69, 9.17) is 0 Å². The zero-order valence-corrected chi connectivity index (χ0v) is 30.3. The molecule has 2 rings (SSSR count). The smallest absolute Gasteiger partial charge is 0.252 e. The molecule has 2 aliphatic rings. The van der Waals surface area contributed by atoms with Crippen molar-refractivity contribution < 1.29 is 33.9 Å². The second-order valence-corrected chi connectivity index (χ2v) is 14.4. The minimum Gasteiger partial charge on any atom is -0.391 e. The molecule has 6 amide bonds. The van der Waals surface area contributed by atoms with E-state index in [9.17, 15) is 33.9 Å². The van der Waals surface area contributed by atoms with Crippen LogP contribution in [0.3, 0.4) is 0 Å². The van der Waals surface area contributed by atoms with Crippen LogP contribution < -0.4 is 5.32 Å². The molecule has 2 heterocycles. The van der Waals surface area contributed by atoms with Crippen LogP contribution in [0.1, 0.15) is 119 Å². The van der Waals surface area contributed by atoms with Gasteiger partial charge in [-0.2, -0.15) is 0 Å². The Morgan fingerprint density at radius 1 is 0.957 bits per heavy atom. The number of aliphatic hydroxyl groups excluding tert-OH is 1. The number of carbonyl (C=O) groups is 6. The number of likely N-dealkylation sites (tertiary alicyclic amines) is 2. The molecular weight excluding hydrogens is 602 g/mol. The first-order valence-electron chi connectivity index (χ1n) is 17.7. The highest BCUT2D eigenvalue weighted by atomic mass is 16.3. The van der Waals surface area contributed by atoms with Crippen molar-refractivity contribution in [1.29, 1.82) is 0 Å². The van der Waals surface area contributed by atoms with Crippen molar-refractivity contribution >= 4 is 35.4 Å². The van der Waals surface area contributed by atoms with Crippen LogP contribution in [0, 0.1) is 11.8 Å². The average molecular weight is 664 g/mol. The summed E-state index contributed by atoms with van der Waals surface area (Å²) in [7, 11) is 3.06. The first-order valence-corrected chi connectivity index (χ1v) is 17.7. The molecule has 0 bridgehead atoms. The maximum Gasteiger partial charge on any atom is 0.252 e. The Balaban J connectivity index is 2.23. The fourth-order valence-electron chi connectivity index (χ4n) is 6.80. The molecule has 0 radical (unpaired) electrons. The van der Waals surface area contributed by atoms with Crippen molar-refractivity contribution in [2.75, 3.05) is 20.6 Å². The number of unbranched alkanes of at least 4 members (excludes halogenated alkanes) is 4. The Kier molecular flexibility index (Phi) is 15.8. The standard InChI is InChI=1S/C35H61N5O7/c1-10-11-12-13-14-17-28(42)37(8)27(21-22(2)3)32(44)36-30(25(7)41)34(46)38(9)31(23(4)5)35(47)39-20-15-16-26(39)33(45)40-24(6)18-19-29(40)43/h22-27,30-31,41H,10-21H2,1-9H3,(H,36,44)/t24-,25-,26-,27+,30+,31+/m1/s1. The molecule has 268 valence electrons. The van der Waals surface area contributed by atoms with Crippen LogP contribution in [0.15, 0.2) is 0 Å². The molecule has 0 unspecified atom stereocenters. The Morgan fingerprint density at radius 3 is 2.13 bits per heavy atom. The van der Waals surface area contributed by atoms with E-state index in [2.05, 4.69) is 12.2 Å². The molecule has 0 aromatic carbocycles. The lowest BCUT2D eigenvalue weighted by atomic mass is 9.98. The molecule has 2 saturated heterocycles. The van der Waals surface area contributed by atoms with Gasteiger partial charge in [0.1, 0.15) is 24.2 Å². The second kappa shape index (κ2) is 18.5. The molecule has 47 heavy (non-hydrogen) atoms. The monoisotopic (exact) mass is 663 g/mol. The van der Waals surface area contributed by atoms with Gasteiger partial charge >= 0.3 is 0 Å². The number of nitrogens with one attached hydrogen (secondary N) is 1. The van der Waals surface area contributed by atoms with Gasteiger partial charge in [-0.15, -0.1) is 0 Å². The van der Waals surface area contributed by atoms with Crippen molar-refractivity contribution in [2.45, 2.75) is 155 Å². The zero-order chi connectivity index (χ0) is 35.6. The number of aliphatic hydroxyl groups is 1. The summed E-state index contributed by atoms with van der Waals surface area (Å²) in [5.41, 5.74) is 0. The van der Waals surface area contributed by atoms with Gasteiger partial charge in [0, 0.05) is 39.5 Å². The third-order valence-corrected chi connectivity index (χ3v) is 9.59. The molecule has 0 spiro atoms. The number of nitrogens with zero attached hydrogens (tertiary/aromatic N) is 4. The van der Waals surface area contributed by atoms with E-state index < -0.39 is 48.0 Å². The predicted molar refractivity (Wildman–Crippen MR) is 180 cm³/mol. The lowest BCUT2D eigenvalue weighted by Gasteiger charge is -2.38. The van der Waals surface area contributed by atoms with Crippen LogP contribution in [0.25, 0.3) is 0 Å². The van der Waals surface area contributed by atoms with Crippen molar-refractivity contribution in [3.63, 3.8) is 0 Å². The molecule has 12 nitrogen and oxygen atoms in total. The Bertz CT molecular complexity index is 1110. The number of rotatable bonds is 17. The minimum absolute atomic E-state index is 0.0758. The number of hydrogen-bond donors (Lipinski definition) is 2. The lowest BCUT2D eigenvalue weighted by Crippen LogP contribution is -2.62. The number of hydrogen-bond acceptors (Lipinski definition) is 7. The maximum atomic E-state index is 14.1. The van der Waals surface area contributed by atoms with E-state index in [1.54, 1.807) is 20.9 Å². The molecule has 2 aliphatic heterocycles. The molecule has 0 aliphatic carbocycles. The summed E-state index contributed by atoms with van der Waals surface area (Å²) in [4.78, 5) is 86.1. The number of carbonyl (C=O) groups excluding carboxylic acids is 6. The quantitative estimate of drug-likeness (QED) is 0.180. The van der Waals surface area contributed by atoms with Crippen LogP contribution in [-0.2, 0) is 28.8 Å². The van der Waals surface area contributed by atoms with Crippen molar-refractivity contribution in [3.8, 4) is 0 Å². The van der Waals surface area contributed by atoms with Gasteiger partial charge in [-0.05, 0) is 57.8 Å². The molecule has 0 aromatic rings. The van der Waals surface area contributed by atoms with Gasteiger partial charge in [-0.3, -0.25) is 33.7 Å². The van der Waals surface area contributed by atoms with Crippen LogP contribution in [0.4, 0.5) is 0 Å². The van der Waals surface area contributed by atoms with Crippen molar-refractivity contribution in [2.24, 2.45) is 11.8 Å². The summed E-state index contributed by atoms with van der Waals surface area (Å²) < 4.78 is 0. The molecule has 0 aromatic heterocycles. The maximum absolute atomic E-state index is 14.1. The van der Waals surface area contributed by atoms with Crippen molar-refractivity contribution in [1.82, 2.24) is 24.9 Å². The van der Waals surface area contributed by atoms with E-state index in [0.717, 1.165) is 32.1 Å². The van der Waals surface area contributed by atoms with Crippen LogP contribution in [0.2, 0.25) is 0 Å². The summed E-state index contributed by atoms with van der Waals surface area (Å²) in [6, 6.07) is -4.21. The molecule has 0 saturated carbocycles. The Labute approximate surface area is 281 Å². The van der Waals surface area contributed by atoms with Gasteiger partial charge in [0.2, 0.25) is 29.5 Å². The highest BCUT2D eigenvalue weighted by Gasteiger charge is 2.46. The summed E-state index contributed by atoms with van der Waals surface area (Å²) in [5, 5.41) is 13.4. The Hall–Kier alpha value is -3.02. The van der Waals surface area contributed by atoms with Gasteiger partial charge in [-0.25, -0.2) is 0 Å². The molecule has 12 heteroatoms. The van der Waals surface area contributed by atoms with E-state index in [-0.39, 0.29) is 35.6 Å². The van der Waals surface area contributed by atoms with Crippen LogP contribution in [-0.4, -0.2) is 117 Å². The largest absolute Gasteiger partial charge is 0.391 e. The normalized spacial score (nSPS) is 20.7. The molecule has 2 N–H and O–H groups in total. The van der Waals surface area contributed by atoms with Gasteiger partial charge in [-0.1, -0.05) is 60.3 Å². The highest BCUT2D eigenvalue weighted by Crippen LogP contribution is 2.28. The second-order valence-electron chi connectivity index (χ2n) is 14.4. The lowest BCUT2D eigenvalue weighted by molar-refractivity contribution is -0.155. The highest BCUT2D eigenvalue weighted by molar-refractivity contribution is 6.02. The van der Waals surface area contributed by atoms with E-state index in [0.29, 0.717) is 45.1 Å². The number of amides is 6. The third kappa shape index (κ3) is 10.5. The van der Waals surface area contributed by atoms with E-state index in [1.165, 1.54) is 33.6 Å². The Morgan fingerprint density at radius 2 is 1.60 bits per heavy atom. The van der Waals surface area contributed by atoms with Gasteiger partial charge in [0.05, 0.1) is 6.10 Å². The zero-order valence-electron chi connectivity index (χ0n) is 30.3. The summed E-state index contributed by atoms with van der Waals surface area (Å²) in [6.07, 6.45) is 6.27. The third-order valence-electron chi connectivity index (χ3n) is 9.59. The van der Waals surface area contributed by atoms with Crippen LogP contribution in [0.5, 0.6) is 0 Å². The average Bonchev–Trinajstić information content (AvgIpc) is 3.63. The van der Waals surface area contributed by atoms with Gasteiger partial charge in [0.15, 0.2) is 0 Å². The first-order chi connectivity index (χ1) is 22.0. The van der Waals surface area contributed by atoms with Crippen LogP contribution >= 0.6 is 0 Å². The minimum atomic E-state index is -1.37. The molecule has 2 fully saturated rings. The summed E-state index contributed by atoms with van der Waals surface area (Å²) in [6.45, 7) is 13.2. The fourth-order valence-corrected chi connectivity index (χ4v) is 6.80. The van der Waals surface area contributed by atoms with Gasteiger partial charge < -0.3 is 25.1 Å². The SMILES string of the molecule is CCCCCCCC(=O)N(C)[C@@H](CC(C)C)C(=O)N[C@H](C(=O)N(C)[C@H](C(=O)N1CCC[C@@H]1C(=O)N1C(=O)CC[C@H]1C)C(C)C)[C@@H](C)O. The summed E-state index contributed by atoms with van der Waals surface area (Å²) in [5.74, 6) is -2.66. The molecular formula is C35H61N5O7. The van der Waals surface area contributed by atoms with E-state index >= 15 is 0 Å². The van der Waals surface area contributed by atoms with E-state index in [1.807, 2.05) is 20.8 Å². The number of imide groups is 1. The molecule has 6 atom stereocenters. The summed E-state index contributed by atoms with van der Waals surface area (Å²) >= 11 is 0. The number of likely N-dealkylation sites (N-methyl/N-ethyl adjacent to an activating group) is 2. The predicted octanol–water partition coefficient (Wildman–Crippen LogP) is 3.10. The first kappa shape index (κ1) is 40.2. The topological polar surface area (TPSA) is 148 Å².